The summed E-state index contributed by atoms with van der Waals surface area (Å²) in [6.45, 7) is 3.25. The Morgan fingerprint density at radius 1 is 1.33 bits per heavy atom. The number of hydrogen-bond donors (Lipinski definition) is 0. The lowest BCUT2D eigenvalue weighted by atomic mass is 10.7. The highest BCUT2D eigenvalue weighted by molar-refractivity contribution is 5.49. The van der Waals surface area contributed by atoms with Crippen LogP contribution in [0.5, 0.6) is 0 Å². The molecule has 2 heteroatoms. The minimum absolute atomic E-state index is 1.42. The molecule has 0 aromatic carbocycles. The second-order valence-corrected chi connectivity index (χ2v) is 0.937. The average molecular weight is 119 g/mol. The number of hydrogen-bond acceptors (Lipinski definition) is 2. The molecule has 0 aliphatic rings. The molecule has 0 aliphatic carbocycles. The normalized spacial score (nSPS) is 4.56. The van der Waals surface area contributed by atoms with Crippen LogP contribution in [0, 0.1) is 0 Å². The molecular formula is C7H5NO. The van der Waals surface area contributed by atoms with Crippen LogP contribution in [0.1, 0.15) is 0 Å². The molecule has 0 radical (unpaired) electrons. The van der Waals surface area contributed by atoms with Gasteiger partial charge in [0.2, 0.25) is 0 Å². The van der Waals surface area contributed by atoms with Crippen molar-refractivity contribution in [1.82, 2.24) is 0 Å². The van der Waals surface area contributed by atoms with E-state index in [4.69, 9.17) is 0 Å². The molecule has 0 bridgehead atoms. The molecule has 0 aromatic rings. The van der Waals surface area contributed by atoms with E-state index in [-0.39, 0.29) is 0 Å². The first-order chi connectivity index (χ1) is 4.41. The Labute approximate surface area is 53.4 Å². The standard InChI is InChI=1S/C7H5NO/c1-3-4-5-6-7-8-9-2/h1H2,2H3. The average Bonchev–Trinajstić information content (AvgIpc) is 1.89. The van der Waals surface area contributed by atoms with Gasteiger partial charge < -0.3 is 4.84 Å². The van der Waals surface area contributed by atoms with Gasteiger partial charge in [-0.25, -0.2) is 0 Å². The predicted octanol–water partition coefficient (Wildman–Crippen LogP) is 1.02. The van der Waals surface area contributed by atoms with Crippen LogP contribution in [0.3, 0.4) is 0 Å². The molecule has 0 saturated heterocycles. The fraction of sp³-hybridized carbons (Fsp3) is 0.143. The van der Waals surface area contributed by atoms with Crippen LogP contribution in [0.25, 0.3) is 0 Å². The molecule has 0 atom stereocenters. The highest BCUT2D eigenvalue weighted by atomic mass is 16.6. The van der Waals surface area contributed by atoms with Gasteiger partial charge in [-0.1, -0.05) is 5.73 Å². The van der Waals surface area contributed by atoms with E-state index in [2.05, 4.69) is 45.4 Å². The van der Waals surface area contributed by atoms with Gasteiger partial charge in [0.1, 0.15) is 7.11 Å². The fourth-order valence-corrected chi connectivity index (χ4v) is 0.172. The van der Waals surface area contributed by atoms with Gasteiger partial charge in [0.15, 0.2) is 0 Å². The van der Waals surface area contributed by atoms with E-state index in [0.29, 0.717) is 0 Å². The summed E-state index contributed by atoms with van der Waals surface area (Å²) in [4.78, 5) is 4.27. The first-order valence-corrected chi connectivity index (χ1v) is 2.17. The summed E-state index contributed by atoms with van der Waals surface area (Å²) in [6.07, 6.45) is 0. The fourth-order valence-electron chi connectivity index (χ4n) is 0.172. The monoisotopic (exact) mass is 119 g/mol. The van der Waals surface area contributed by atoms with Gasteiger partial charge >= 0.3 is 0 Å². The first-order valence-electron chi connectivity index (χ1n) is 2.17. The van der Waals surface area contributed by atoms with E-state index in [0.717, 1.165) is 0 Å². The summed E-state index contributed by atoms with van der Waals surface area (Å²) < 4.78 is 0. The van der Waals surface area contributed by atoms with Crippen LogP contribution >= 0.6 is 0 Å². The van der Waals surface area contributed by atoms with Crippen molar-refractivity contribution in [3.05, 3.63) is 29.5 Å². The van der Waals surface area contributed by atoms with Crippen LogP contribution in [0.2, 0.25) is 0 Å². The van der Waals surface area contributed by atoms with E-state index >= 15 is 0 Å². The van der Waals surface area contributed by atoms with E-state index < -0.39 is 0 Å². The van der Waals surface area contributed by atoms with Crippen LogP contribution in [-0.2, 0) is 4.84 Å². The summed E-state index contributed by atoms with van der Waals surface area (Å²) in [5.74, 6) is 2.28. The third-order valence-electron chi connectivity index (χ3n) is 0.406. The predicted molar refractivity (Wildman–Crippen MR) is 34.1 cm³/mol. The second-order valence-electron chi connectivity index (χ2n) is 0.937. The second kappa shape index (κ2) is 6.37. The van der Waals surface area contributed by atoms with Crippen LogP contribution in [0.4, 0.5) is 0 Å². The molecular weight excluding hydrogens is 114 g/mol. The summed E-state index contributed by atoms with van der Waals surface area (Å²) in [7, 11) is 1.42. The lowest BCUT2D eigenvalue weighted by Crippen LogP contribution is -1.59. The van der Waals surface area contributed by atoms with Crippen LogP contribution in [-0.4, -0.2) is 13.0 Å². The van der Waals surface area contributed by atoms with E-state index in [1.165, 1.54) is 7.11 Å². The molecule has 0 aliphatic heterocycles. The molecule has 0 amide bonds. The van der Waals surface area contributed by atoms with Crippen molar-refractivity contribution in [2.75, 3.05) is 7.11 Å². The molecule has 0 N–H and O–H groups in total. The Morgan fingerprint density at radius 3 is 2.67 bits per heavy atom. The molecule has 2 nitrogen and oxygen atoms in total. The zero-order valence-electron chi connectivity index (χ0n) is 5.06. The van der Waals surface area contributed by atoms with Gasteiger partial charge in [-0.3, -0.25) is 0 Å². The van der Waals surface area contributed by atoms with Crippen molar-refractivity contribution >= 4 is 5.87 Å². The quantitative estimate of drug-likeness (QED) is 0.287. The Balaban J connectivity index is 4.49. The van der Waals surface area contributed by atoms with Gasteiger partial charge in [-0.05, 0) is 17.5 Å². The molecule has 44 valence electrons. The van der Waals surface area contributed by atoms with Gasteiger partial charge in [0.25, 0.3) is 0 Å². The third kappa shape index (κ3) is 6.37. The summed E-state index contributed by atoms with van der Waals surface area (Å²) in [6, 6.07) is 0. The molecule has 9 heavy (non-hydrogen) atoms. The van der Waals surface area contributed by atoms with Crippen LogP contribution < -0.4 is 0 Å². The zero-order valence-corrected chi connectivity index (χ0v) is 5.06. The minimum atomic E-state index is 1.42. The van der Waals surface area contributed by atoms with Gasteiger partial charge in [-0.15, -0.1) is 0 Å². The summed E-state index contributed by atoms with van der Waals surface area (Å²) in [5.41, 5.74) is 9.55. The van der Waals surface area contributed by atoms with E-state index in [9.17, 15) is 0 Å². The van der Waals surface area contributed by atoms with Crippen molar-refractivity contribution in [1.29, 1.82) is 0 Å². The smallest absolute Gasteiger partial charge is 0.107 e. The third-order valence-corrected chi connectivity index (χ3v) is 0.406. The van der Waals surface area contributed by atoms with Gasteiger partial charge in [0.05, 0.1) is 5.87 Å². The van der Waals surface area contributed by atoms with E-state index in [1.807, 2.05) is 0 Å². The molecule has 0 heterocycles. The van der Waals surface area contributed by atoms with Gasteiger partial charge in [0, 0.05) is 11.5 Å². The lowest BCUT2D eigenvalue weighted by Gasteiger charge is -1.70. The van der Waals surface area contributed by atoms with Gasteiger partial charge in [-0.2, -0.15) is 0 Å². The van der Waals surface area contributed by atoms with Crippen molar-refractivity contribution in [2.24, 2.45) is 5.16 Å². The Bertz CT molecular complexity index is 249. The molecule has 0 rings (SSSR count). The maximum absolute atomic E-state index is 4.27. The zero-order chi connectivity index (χ0) is 6.95. The maximum Gasteiger partial charge on any atom is 0.107 e. The largest absolute Gasteiger partial charge is 0.392 e. The van der Waals surface area contributed by atoms with Crippen LogP contribution in [0.15, 0.2) is 34.7 Å². The number of rotatable bonds is 1. The topological polar surface area (TPSA) is 21.6 Å². The number of nitrogens with zero attached hydrogens (tertiary/aromatic N) is 1. The first kappa shape index (κ1) is 7.37. The SMILES string of the molecule is C=C=C=C=C=C=NOC. The highest BCUT2D eigenvalue weighted by Gasteiger charge is 1.47. The molecule has 0 fully saturated rings. The van der Waals surface area contributed by atoms with Crippen molar-refractivity contribution in [3.8, 4) is 0 Å². The lowest BCUT2D eigenvalue weighted by molar-refractivity contribution is 0.216. The molecule has 0 unspecified atom stereocenters. The molecule has 0 saturated carbocycles. The maximum atomic E-state index is 4.27. The summed E-state index contributed by atoms with van der Waals surface area (Å²) in [5, 5.41) is 3.23. The van der Waals surface area contributed by atoms with Crippen molar-refractivity contribution in [3.63, 3.8) is 0 Å². The highest BCUT2D eigenvalue weighted by Crippen LogP contribution is 1.55. The Hall–Kier alpha value is -1.63. The van der Waals surface area contributed by atoms with Crippen molar-refractivity contribution in [2.45, 2.75) is 0 Å². The minimum Gasteiger partial charge on any atom is -0.392 e. The Morgan fingerprint density at radius 2 is 2.11 bits per heavy atom. The van der Waals surface area contributed by atoms with E-state index in [1.54, 1.807) is 0 Å². The van der Waals surface area contributed by atoms with Crippen molar-refractivity contribution < 1.29 is 4.84 Å². The molecule has 0 spiro atoms. The molecule has 0 aromatic heterocycles. The summed E-state index contributed by atoms with van der Waals surface area (Å²) >= 11 is 0. The Kier molecular flexibility index (Phi) is 5.22.